The summed E-state index contributed by atoms with van der Waals surface area (Å²) < 4.78 is 0. The lowest BCUT2D eigenvalue weighted by molar-refractivity contribution is 0.171. The highest BCUT2D eigenvalue weighted by Gasteiger charge is 2.06. The summed E-state index contributed by atoms with van der Waals surface area (Å²) in [5.41, 5.74) is 2.23. The monoisotopic (exact) mass is 276 g/mol. The van der Waals surface area contributed by atoms with Crippen molar-refractivity contribution >= 4 is 11.3 Å². The van der Waals surface area contributed by atoms with E-state index in [0.29, 0.717) is 13.0 Å². The number of aliphatic hydroxyl groups is 1. The third-order valence-corrected chi connectivity index (χ3v) is 3.94. The molecule has 0 spiro atoms. The van der Waals surface area contributed by atoms with E-state index in [2.05, 4.69) is 22.6 Å². The molecule has 0 aliphatic rings. The predicted molar refractivity (Wildman–Crippen MR) is 79.4 cm³/mol. The molecule has 19 heavy (non-hydrogen) atoms. The van der Waals surface area contributed by atoms with Gasteiger partial charge in [-0.15, -0.1) is 11.3 Å². The van der Waals surface area contributed by atoms with Crippen LogP contribution in [-0.2, 0) is 19.4 Å². The molecule has 0 saturated heterocycles. The van der Waals surface area contributed by atoms with Gasteiger partial charge in [-0.05, 0) is 18.4 Å². The third kappa shape index (κ3) is 4.74. The van der Waals surface area contributed by atoms with Gasteiger partial charge in [0.2, 0.25) is 0 Å². The molecule has 1 atom stereocenters. The van der Waals surface area contributed by atoms with Crippen LogP contribution in [0.4, 0.5) is 0 Å². The first kappa shape index (κ1) is 14.2. The summed E-state index contributed by atoms with van der Waals surface area (Å²) in [5, 5.41) is 16.5. The Hall–Kier alpha value is -1.23. The molecule has 2 aromatic rings. The van der Waals surface area contributed by atoms with E-state index in [0.717, 1.165) is 18.7 Å². The Morgan fingerprint density at radius 2 is 2.11 bits per heavy atom. The Kier molecular flexibility index (Phi) is 5.51. The van der Waals surface area contributed by atoms with Crippen LogP contribution < -0.4 is 5.32 Å². The van der Waals surface area contributed by atoms with Crippen molar-refractivity contribution in [2.75, 3.05) is 6.54 Å². The molecule has 0 radical (unpaired) electrons. The molecule has 0 aliphatic carbocycles. The molecule has 1 aromatic heterocycles. The van der Waals surface area contributed by atoms with Crippen LogP contribution in [0, 0.1) is 0 Å². The Morgan fingerprint density at radius 3 is 2.79 bits per heavy atom. The van der Waals surface area contributed by atoms with Crippen LogP contribution in [0.25, 0.3) is 0 Å². The fraction of sp³-hybridized carbons (Fsp3) is 0.400. The zero-order valence-corrected chi connectivity index (χ0v) is 12.0. The molecule has 1 aromatic carbocycles. The van der Waals surface area contributed by atoms with Gasteiger partial charge in [0.1, 0.15) is 0 Å². The molecule has 0 aliphatic heterocycles. The molecule has 4 heteroatoms. The zero-order chi connectivity index (χ0) is 13.5. The summed E-state index contributed by atoms with van der Waals surface area (Å²) in [6.45, 7) is 3.43. The van der Waals surface area contributed by atoms with E-state index in [1.807, 2.05) is 30.3 Å². The van der Waals surface area contributed by atoms with Crippen LogP contribution in [0.3, 0.4) is 0 Å². The van der Waals surface area contributed by atoms with Crippen LogP contribution in [-0.4, -0.2) is 22.7 Å². The first-order valence-corrected chi connectivity index (χ1v) is 7.52. The van der Waals surface area contributed by atoms with Crippen molar-refractivity contribution in [3.05, 3.63) is 52.0 Å². The summed E-state index contributed by atoms with van der Waals surface area (Å²) in [6, 6.07) is 10.1. The maximum atomic E-state index is 9.95. The molecule has 102 valence electrons. The molecule has 0 amide bonds. The van der Waals surface area contributed by atoms with E-state index in [1.165, 1.54) is 10.6 Å². The lowest BCUT2D eigenvalue weighted by Crippen LogP contribution is -2.28. The van der Waals surface area contributed by atoms with Gasteiger partial charge in [0.25, 0.3) is 0 Å². The number of rotatable bonds is 7. The van der Waals surface area contributed by atoms with Gasteiger partial charge >= 0.3 is 0 Å². The van der Waals surface area contributed by atoms with E-state index in [9.17, 15) is 5.11 Å². The Bertz CT molecular complexity index is 484. The number of hydrogen-bond donors (Lipinski definition) is 2. The second-order valence-corrected chi connectivity index (χ2v) is 5.50. The molecule has 0 bridgehead atoms. The zero-order valence-electron chi connectivity index (χ0n) is 11.2. The van der Waals surface area contributed by atoms with Crippen LogP contribution in [0.5, 0.6) is 0 Å². The molecule has 0 saturated carbocycles. The Morgan fingerprint density at radius 1 is 1.32 bits per heavy atom. The van der Waals surface area contributed by atoms with Gasteiger partial charge < -0.3 is 10.4 Å². The second-order valence-electron chi connectivity index (χ2n) is 4.56. The third-order valence-electron chi connectivity index (χ3n) is 2.90. The fourth-order valence-corrected chi connectivity index (χ4v) is 2.66. The van der Waals surface area contributed by atoms with Gasteiger partial charge in [-0.25, -0.2) is 4.98 Å². The average molecular weight is 276 g/mol. The lowest BCUT2D eigenvalue weighted by Gasteiger charge is -2.11. The molecular formula is C15H20N2OS. The van der Waals surface area contributed by atoms with Crippen LogP contribution >= 0.6 is 11.3 Å². The molecule has 3 nitrogen and oxygen atoms in total. The highest BCUT2D eigenvalue weighted by Crippen LogP contribution is 2.09. The number of benzene rings is 1. The lowest BCUT2D eigenvalue weighted by atomic mass is 10.1. The summed E-state index contributed by atoms with van der Waals surface area (Å²) in [4.78, 5) is 4.48. The van der Waals surface area contributed by atoms with E-state index >= 15 is 0 Å². The average Bonchev–Trinajstić information content (AvgIpc) is 2.88. The summed E-state index contributed by atoms with van der Waals surface area (Å²) in [6.07, 6.45) is 1.32. The topological polar surface area (TPSA) is 45.2 Å². The van der Waals surface area contributed by atoms with Crippen LogP contribution in [0.2, 0.25) is 0 Å². The normalized spacial score (nSPS) is 12.5. The number of thiazole rings is 1. The van der Waals surface area contributed by atoms with Gasteiger partial charge in [-0.2, -0.15) is 0 Å². The van der Waals surface area contributed by atoms with Gasteiger partial charge in [0, 0.05) is 18.5 Å². The van der Waals surface area contributed by atoms with Crippen molar-refractivity contribution in [3.63, 3.8) is 0 Å². The molecular weight excluding hydrogens is 256 g/mol. The van der Waals surface area contributed by atoms with Gasteiger partial charge in [-0.3, -0.25) is 0 Å². The smallest absolute Gasteiger partial charge is 0.0926 e. The fourth-order valence-electron chi connectivity index (χ4n) is 1.92. The minimum Gasteiger partial charge on any atom is -0.391 e. The summed E-state index contributed by atoms with van der Waals surface area (Å²) in [7, 11) is 0. The van der Waals surface area contributed by atoms with Crippen molar-refractivity contribution in [1.29, 1.82) is 0 Å². The van der Waals surface area contributed by atoms with E-state index < -0.39 is 0 Å². The van der Waals surface area contributed by atoms with E-state index in [4.69, 9.17) is 0 Å². The quantitative estimate of drug-likeness (QED) is 0.816. The van der Waals surface area contributed by atoms with Gasteiger partial charge in [0.15, 0.2) is 0 Å². The van der Waals surface area contributed by atoms with Crippen molar-refractivity contribution in [2.24, 2.45) is 0 Å². The first-order valence-electron chi connectivity index (χ1n) is 6.64. The predicted octanol–water partition coefficient (Wildman–Crippen LogP) is 2.40. The number of aliphatic hydroxyl groups excluding tert-OH is 1. The van der Waals surface area contributed by atoms with E-state index in [-0.39, 0.29) is 6.10 Å². The van der Waals surface area contributed by atoms with Crippen LogP contribution in [0.1, 0.15) is 23.2 Å². The van der Waals surface area contributed by atoms with Crippen molar-refractivity contribution in [1.82, 2.24) is 10.3 Å². The Balaban J connectivity index is 1.70. The Labute approximate surface area is 118 Å². The van der Waals surface area contributed by atoms with Gasteiger partial charge in [-0.1, -0.05) is 37.3 Å². The number of aryl methyl sites for hydroxylation is 1. The number of hydrogen-bond acceptors (Lipinski definition) is 4. The maximum Gasteiger partial charge on any atom is 0.0926 e. The minimum atomic E-state index is -0.355. The van der Waals surface area contributed by atoms with Crippen molar-refractivity contribution in [3.8, 4) is 0 Å². The molecule has 0 fully saturated rings. The SMILES string of the molecule is CCc1nc(CNCC(O)Cc2ccccc2)cs1. The molecule has 2 rings (SSSR count). The largest absolute Gasteiger partial charge is 0.391 e. The second kappa shape index (κ2) is 7.38. The summed E-state index contributed by atoms with van der Waals surface area (Å²) >= 11 is 1.70. The van der Waals surface area contributed by atoms with Crippen molar-refractivity contribution in [2.45, 2.75) is 32.4 Å². The van der Waals surface area contributed by atoms with E-state index in [1.54, 1.807) is 11.3 Å². The summed E-state index contributed by atoms with van der Waals surface area (Å²) in [5.74, 6) is 0. The van der Waals surface area contributed by atoms with Crippen molar-refractivity contribution < 1.29 is 5.11 Å². The number of aromatic nitrogens is 1. The minimum absolute atomic E-state index is 0.355. The van der Waals surface area contributed by atoms with Crippen LogP contribution in [0.15, 0.2) is 35.7 Å². The molecule has 1 heterocycles. The highest BCUT2D eigenvalue weighted by molar-refractivity contribution is 7.09. The maximum absolute atomic E-state index is 9.95. The number of nitrogens with zero attached hydrogens (tertiary/aromatic N) is 1. The molecule has 1 unspecified atom stereocenters. The first-order chi connectivity index (χ1) is 9.28. The molecule has 2 N–H and O–H groups in total. The highest BCUT2D eigenvalue weighted by atomic mass is 32.1. The standard InChI is InChI=1S/C15H20N2OS/c1-2-15-17-13(11-19-15)9-16-10-14(18)8-12-6-4-3-5-7-12/h3-7,11,14,16,18H,2,8-10H2,1H3. The van der Waals surface area contributed by atoms with Gasteiger partial charge in [0.05, 0.1) is 16.8 Å². The number of nitrogens with one attached hydrogen (secondary N) is 1.